The second-order valence-corrected chi connectivity index (χ2v) is 5.60. The summed E-state index contributed by atoms with van der Waals surface area (Å²) in [7, 11) is 1.64. The van der Waals surface area contributed by atoms with Crippen LogP contribution in [0.2, 0.25) is 5.02 Å². The lowest BCUT2D eigenvalue weighted by molar-refractivity contribution is 0.104. The lowest BCUT2D eigenvalue weighted by Crippen LogP contribution is -1.93. The number of halogens is 1. The molecule has 108 valence electrons. The van der Waals surface area contributed by atoms with Gasteiger partial charge in [-0.15, -0.1) is 11.8 Å². The third kappa shape index (κ3) is 4.13. The van der Waals surface area contributed by atoms with E-state index in [0.717, 1.165) is 16.2 Å². The number of ketones is 1. The summed E-state index contributed by atoms with van der Waals surface area (Å²) in [6, 6.07) is 12.7. The minimum Gasteiger partial charge on any atom is -0.496 e. The van der Waals surface area contributed by atoms with E-state index >= 15 is 0 Å². The maximum Gasteiger partial charge on any atom is 0.185 e. The lowest BCUT2D eigenvalue weighted by Gasteiger charge is -2.06. The maximum absolute atomic E-state index is 12.0. The third-order valence-corrected chi connectivity index (χ3v) is 3.99. The highest BCUT2D eigenvalue weighted by Crippen LogP contribution is 2.28. The number of methoxy groups -OCH3 is 1. The van der Waals surface area contributed by atoms with E-state index in [1.165, 1.54) is 0 Å². The fourth-order valence-corrected chi connectivity index (χ4v) is 2.51. The van der Waals surface area contributed by atoms with Crippen molar-refractivity contribution in [1.82, 2.24) is 0 Å². The molecule has 2 aromatic carbocycles. The molecule has 0 aliphatic carbocycles. The van der Waals surface area contributed by atoms with Crippen molar-refractivity contribution in [2.45, 2.75) is 4.90 Å². The molecule has 0 aliphatic heterocycles. The first-order valence-electron chi connectivity index (χ1n) is 6.34. The number of carbonyl (C=O) groups excluding carboxylic acids is 1. The van der Waals surface area contributed by atoms with E-state index in [-0.39, 0.29) is 5.78 Å². The van der Waals surface area contributed by atoms with Gasteiger partial charge in [0.2, 0.25) is 0 Å². The Morgan fingerprint density at radius 3 is 2.52 bits per heavy atom. The summed E-state index contributed by atoms with van der Waals surface area (Å²) in [5.41, 5.74) is 1.54. The monoisotopic (exact) mass is 318 g/mol. The van der Waals surface area contributed by atoms with Crippen LogP contribution in [0.4, 0.5) is 0 Å². The first kappa shape index (κ1) is 15.7. The summed E-state index contributed by atoms with van der Waals surface area (Å²) in [5.74, 6) is 0.753. The minimum absolute atomic E-state index is 0.0559. The zero-order valence-corrected chi connectivity index (χ0v) is 13.4. The highest BCUT2D eigenvalue weighted by atomic mass is 35.5. The van der Waals surface area contributed by atoms with Gasteiger partial charge in [-0.25, -0.2) is 0 Å². The summed E-state index contributed by atoms with van der Waals surface area (Å²) in [5, 5.41) is 0.618. The smallest absolute Gasteiger partial charge is 0.185 e. The third-order valence-electron chi connectivity index (χ3n) is 2.96. The molecular formula is C17H15ClO2S. The van der Waals surface area contributed by atoms with Crippen LogP contribution in [0.5, 0.6) is 5.75 Å². The molecule has 0 heterocycles. The van der Waals surface area contributed by atoms with Crippen molar-refractivity contribution in [2.75, 3.05) is 13.4 Å². The molecule has 0 bridgehead atoms. The molecule has 2 nitrogen and oxygen atoms in total. The Balaban J connectivity index is 2.17. The van der Waals surface area contributed by atoms with Crippen molar-refractivity contribution < 1.29 is 9.53 Å². The number of benzene rings is 2. The Hall–Kier alpha value is -1.71. The van der Waals surface area contributed by atoms with Gasteiger partial charge < -0.3 is 4.74 Å². The molecule has 0 saturated carbocycles. The summed E-state index contributed by atoms with van der Waals surface area (Å²) >= 11 is 7.43. The molecule has 0 fully saturated rings. The molecule has 0 aliphatic rings. The largest absolute Gasteiger partial charge is 0.496 e. The summed E-state index contributed by atoms with van der Waals surface area (Å²) in [6.45, 7) is 0. The van der Waals surface area contributed by atoms with Crippen LogP contribution < -0.4 is 4.74 Å². The Kier molecular flexibility index (Phi) is 5.48. The Bertz CT molecular complexity index is 663. The van der Waals surface area contributed by atoms with Crippen LogP contribution in [-0.4, -0.2) is 19.1 Å². The van der Waals surface area contributed by atoms with Crippen LogP contribution in [0.15, 0.2) is 53.4 Å². The average Bonchev–Trinajstić information content (AvgIpc) is 2.52. The van der Waals surface area contributed by atoms with E-state index in [2.05, 4.69) is 0 Å². The molecule has 0 unspecified atom stereocenters. The van der Waals surface area contributed by atoms with Crippen molar-refractivity contribution in [2.24, 2.45) is 0 Å². The molecule has 0 saturated heterocycles. The highest BCUT2D eigenvalue weighted by molar-refractivity contribution is 7.98. The van der Waals surface area contributed by atoms with Crippen molar-refractivity contribution in [3.05, 3.63) is 64.7 Å². The first-order valence-corrected chi connectivity index (χ1v) is 7.94. The zero-order chi connectivity index (χ0) is 15.2. The van der Waals surface area contributed by atoms with Crippen LogP contribution >= 0.6 is 23.4 Å². The van der Waals surface area contributed by atoms with Crippen LogP contribution in [-0.2, 0) is 0 Å². The quantitative estimate of drug-likeness (QED) is 0.442. The fraction of sp³-hybridized carbons (Fsp3) is 0.118. The molecule has 21 heavy (non-hydrogen) atoms. The van der Waals surface area contributed by atoms with E-state index in [1.807, 2.05) is 24.5 Å². The number of allylic oxidation sites excluding steroid dienone is 1. The first-order chi connectivity index (χ1) is 10.1. The highest BCUT2D eigenvalue weighted by Gasteiger charge is 2.03. The maximum atomic E-state index is 12.0. The average molecular weight is 319 g/mol. The SMILES string of the molecule is COc1cc(C=CC(=O)c2ccc(Cl)cc2)ccc1SC. The Morgan fingerprint density at radius 1 is 1.19 bits per heavy atom. The number of carbonyl (C=O) groups is 1. The second kappa shape index (κ2) is 7.34. The molecule has 0 atom stereocenters. The second-order valence-electron chi connectivity index (χ2n) is 4.32. The van der Waals surface area contributed by atoms with E-state index in [1.54, 1.807) is 55.3 Å². The molecule has 0 spiro atoms. The van der Waals surface area contributed by atoms with Gasteiger partial charge in [0.05, 0.1) is 7.11 Å². The number of rotatable bonds is 5. The van der Waals surface area contributed by atoms with Crippen LogP contribution in [0.3, 0.4) is 0 Å². The van der Waals surface area contributed by atoms with Crippen molar-refractivity contribution in [3.63, 3.8) is 0 Å². The standard InChI is InChI=1S/C17H15ClO2S/c1-20-16-11-12(4-10-17(16)21-2)3-9-15(19)13-5-7-14(18)8-6-13/h3-11H,1-2H3. The van der Waals surface area contributed by atoms with E-state index in [0.29, 0.717) is 10.6 Å². The van der Waals surface area contributed by atoms with Crippen LogP contribution in [0.1, 0.15) is 15.9 Å². The predicted octanol–water partition coefficient (Wildman–Crippen LogP) is 4.97. The van der Waals surface area contributed by atoms with Gasteiger partial charge >= 0.3 is 0 Å². The van der Waals surface area contributed by atoms with Crippen molar-refractivity contribution in [3.8, 4) is 5.75 Å². The van der Waals surface area contributed by atoms with Gasteiger partial charge in [-0.3, -0.25) is 4.79 Å². The topological polar surface area (TPSA) is 26.3 Å². The lowest BCUT2D eigenvalue weighted by atomic mass is 10.1. The molecular weight excluding hydrogens is 304 g/mol. The minimum atomic E-state index is -0.0559. The van der Waals surface area contributed by atoms with Gasteiger partial charge in [-0.1, -0.05) is 23.7 Å². The predicted molar refractivity (Wildman–Crippen MR) is 89.6 cm³/mol. The molecule has 0 amide bonds. The van der Waals surface area contributed by atoms with Gasteiger partial charge in [-0.05, 0) is 54.3 Å². The summed E-state index contributed by atoms with van der Waals surface area (Å²) < 4.78 is 5.33. The van der Waals surface area contributed by atoms with Crippen molar-refractivity contribution >= 4 is 35.2 Å². The van der Waals surface area contributed by atoms with Gasteiger partial charge in [0, 0.05) is 15.5 Å². The molecule has 0 N–H and O–H groups in total. The van der Waals surface area contributed by atoms with Crippen molar-refractivity contribution in [1.29, 1.82) is 0 Å². The zero-order valence-electron chi connectivity index (χ0n) is 11.8. The number of hydrogen-bond acceptors (Lipinski definition) is 3. The van der Waals surface area contributed by atoms with Gasteiger partial charge in [0.15, 0.2) is 5.78 Å². The molecule has 4 heteroatoms. The Labute approximate surface area is 133 Å². The molecule has 2 rings (SSSR count). The van der Waals surface area contributed by atoms with E-state index in [4.69, 9.17) is 16.3 Å². The molecule has 2 aromatic rings. The van der Waals surface area contributed by atoms with E-state index in [9.17, 15) is 4.79 Å². The van der Waals surface area contributed by atoms with E-state index < -0.39 is 0 Å². The number of hydrogen-bond donors (Lipinski definition) is 0. The summed E-state index contributed by atoms with van der Waals surface area (Å²) in [4.78, 5) is 13.1. The number of thioether (sulfide) groups is 1. The van der Waals surface area contributed by atoms with Crippen LogP contribution in [0, 0.1) is 0 Å². The van der Waals surface area contributed by atoms with Gasteiger partial charge in [0.25, 0.3) is 0 Å². The number of ether oxygens (including phenoxy) is 1. The normalized spacial score (nSPS) is 10.8. The summed E-state index contributed by atoms with van der Waals surface area (Å²) in [6.07, 6.45) is 5.33. The fourth-order valence-electron chi connectivity index (χ4n) is 1.84. The van der Waals surface area contributed by atoms with Crippen LogP contribution in [0.25, 0.3) is 6.08 Å². The Morgan fingerprint density at radius 2 is 1.90 bits per heavy atom. The van der Waals surface area contributed by atoms with Gasteiger partial charge in [0.1, 0.15) is 5.75 Å². The van der Waals surface area contributed by atoms with Gasteiger partial charge in [-0.2, -0.15) is 0 Å². The molecule has 0 aromatic heterocycles. The molecule has 0 radical (unpaired) electrons.